The summed E-state index contributed by atoms with van der Waals surface area (Å²) in [5, 5.41) is 21.9. The number of aliphatic hydroxyl groups excluding tert-OH is 1. The van der Waals surface area contributed by atoms with Gasteiger partial charge in [-0.3, -0.25) is 0 Å². The molecule has 1 unspecified atom stereocenters. The lowest BCUT2D eigenvalue weighted by molar-refractivity contribution is -0.146. The van der Waals surface area contributed by atoms with E-state index < -0.39 is 30.5 Å². The van der Waals surface area contributed by atoms with Gasteiger partial charge in [0.25, 0.3) is 0 Å². The van der Waals surface area contributed by atoms with Crippen molar-refractivity contribution in [2.45, 2.75) is 13.0 Å². The maximum absolute atomic E-state index is 12.8. The molecule has 1 rings (SSSR count). The van der Waals surface area contributed by atoms with Crippen molar-refractivity contribution >= 4 is 17.7 Å². The lowest BCUT2D eigenvalue weighted by Gasteiger charge is -2.11. The molecule has 6 nitrogen and oxygen atoms in total. The van der Waals surface area contributed by atoms with Gasteiger partial charge < -0.3 is 20.8 Å². The van der Waals surface area contributed by atoms with E-state index in [-0.39, 0.29) is 0 Å². The number of halogens is 1. The minimum absolute atomic E-state index is 0.402. The topological polar surface area (TPSA) is 98.7 Å². The van der Waals surface area contributed by atoms with E-state index >= 15 is 0 Å². The van der Waals surface area contributed by atoms with Crippen LogP contribution in [0.25, 0.3) is 0 Å². The molecule has 0 radical (unpaired) electrons. The first-order valence-corrected chi connectivity index (χ1v) is 5.12. The van der Waals surface area contributed by atoms with Crippen LogP contribution in [0.2, 0.25) is 0 Å². The van der Waals surface area contributed by atoms with Gasteiger partial charge in [-0.05, 0) is 30.7 Å². The number of hydrogen-bond acceptors (Lipinski definition) is 3. The van der Waals surface area contributed by atoms with Gasteiger partial charge >= 0.3 is 12.0 Å². The van der Waals surface area contributed by atoms with Gasteiger partial charge in [-0.2, -0.15) is 0 Å². The number of carboxylic acids is 1. The summed E-state index contributed by atoms with van der Waals surface area (Å²) in [6, 6.07) is 3.15. The molecule has 1 aromatic carbocycles. The highest BCUT2D eigenvalue weighted by Crippen LogP contribution is 2.15. The highest BCUT2D eigenvalue weighted by atomic mass is 19.1. The van der Waals surface area contributed by atoms with Crippen LogP contribution in [0.4, 0.5) is 14.9 Å². The molecule has 1 aromatic rings. The molecule has 0 spiro atoms. The second kappa shape index (κ2) is 5.97. The minimum Gasteiger partial charge on any atom is -0.479 e. The number of hydrogen-bond donors (Lipinski definition) is 4. The van der Waals surface area contributed by atoms with Gasteiger partial charge in [-0.15, -0.1) is 0 Å². The molecule has 2 amide bonds. The van der Waals surface area contributed by atoms with Crippen LogP contribution in [0.15, 0.2) is 18.2 Å². The molecule has 18 heavy (non-hydrogen) atoms. The predicted octanol–water partition coefficient (Wildman–Crippen LogP) is 0.701. The molecule has 0 aliphatic carbocycles. The second-order valence-corrected chi connectivity index (χ2v) is 3.65. The Morgan fingerprint density at radius 1 is 1.44 bits per heavy atom. The van der Waals surface area contributed by atoms with Crippen molar-refractivity contribution in [2.75, 3.05) is 11.9 Å². The number of aliphatic carboxylic acids is 1. The van der Waals surface area contributed by atoms with Gasteiger partial charge in [0, 0.05) is 5.69 Å². The molecule has 0 heterocycles. The number of carboxylic acid groups (broad SMARTS) is 1. The largest absolute Gasteiger partial charge is 0.479 e. The fraction of sp³-hybridized carbons (Fsp3) is 0.273. The zero-order chi connectivity index (χ0) is 13.7. The molecular weight excluding hydrogens is 243 g/mol. The molecule has 0 bridgehead atoms. The van der Waals surface area contributed by atoms with E-state index in [9.17, 15) is 14.0 Å². The summed E-state index contributed by atoms with van der Waals surface area (Å²) >= 11 is 0. The molecule has 0 aliphatic heterocycles. The summed E-state index contributed by atoms with van der Waals surface area (Å²) in [5.41, 5.74) is 0.933. The Balaban J connectivity index is 2.52. The summed E-state index contributed by atoms with van der Waals surface area (Å²) < 4.78 is 12.8. The van der Waals surface area contributed by atoms with Gasteiger partial charge in [0.2, 0.25) is 0 Å². The van der Waals surface area contributed by atoms with Crippen LogP contribution in [0, 0.1) is 12.7 Å². The molecule has 0 saturated carbocycles. The fourth-order valence-electron chi connectivity index (χ4n) is 1.21. The highest BCUT2D eigenvalue weighted by molar-refractivity contribution is 5.90. The van der Waals surface area contributed by atoms with E-state index in [4.69, 9.17) is 10.2 Å². The Kier molecular flexibility index (Phi) is 4.61. The third-order valence-corrected chi connectivity index (χ3v) is 2.18. The number of anilines is 1. The van der Waals surface area contributed by atoms with E-state index in [1.54, 1.807) is 6.92 Å². The van der Waals surface area contributed by atoms with Gasteiger partial charge in [-0.1, -0.05) is 0 Å². The molecule has 98 valence electrons. The SMILES string of the molecule is Cc1cc(F)ccc1NC(=O)NCC(O)C(=O)O. The summed E-state index contributed by atoms with van der Waals surface area (Å²) in [6.45, 7) is 1.20. The van der Waals surface area contributed by atoms with Crippen LogP contribution in [0.5, 0.6) is 0 Å². The van der Waals surface area contributed by atoms with E-state index in [1.165, 1.54) is 18.2 Å². The molecule has 7 heteroatoms. The number of carbonyl (C=O) groups excluding carboxylic acids is 1. The van der Waals surface area contributed by atoms with E-state index in [0.29, 0.717) is 11.3 Å². The third kappa shape index (κ3) is 4.02. The van der Waals surface area contributed by atoms with Crippen molar-refractivity contribution in [3.63, 3.8) is 0 Å². The molecule has 0 saturated heterocycles. The maximum Gasteiger partial charge on any atom is 0.334 e. The predicted molar refractivity (Wildman–Crippen MR) is 61.8 cm³/mol. The Bertz CT molecular complexity index is 464. The van der Waals surface area contributed by atoms with E-state index in [1.807, 2.05) is 0 Å². The maximum atomic E-state index is 12.8. The fourth-order valence-corrected chi connectivity index (χ4v) is 1.21. The first-order valence-electron chi connectivity index (χ1n) is 5.12. The quantitative estimate of drug-likeness (QED) is 0.637. The molecule has 0 aromatic heterocycles. The average molecular weight is 256 g/mol. The summed E-state index contributed by atoms with van der Waals surface area (Å²) in [4.78, 5) is 21.7. The van der Waals surface area contributed by atoms with Crippen LogP contribution in [-0.4, -0.2) is 34.9 Å². The Morgan fingerprint density at radius 2 is 2.11 bits per heavy atom. The van der Waals surface area contributed by atoms with Crippen LogP contribution in [0.3, 0.4) is 0 Å². The first-order chi connectivity index (χ1) is 8.40. The zero-order valence-electron chi connectivity index (χ0n) is 9.61. The van der Waals surface area contributed by atoms with Crippen molar-refractivity contribution in [1.29, 1.82) is 0 Å². The Labute approximate surface area is 102 Å². The number of benzene rings is 1. The molecule has 4 N–H and O–H groups in total. The first kappa shape index (κ1) is 13.9. The van der Waals surface area contributed by atoms with Crippen LogP contribution in [0.1, 0.15) is 5.56 Å². The van der Waals surface area contributed by atoms with Crippen molar-refractivity contribution in [3.05, 3.63) is 29.6 Å². The molecule has 0 fully saturated rings. The van der Waals surface area contributed by atoms with Crippen LogP contribution < -0.4 is 10.6 Å². The number of rotatable bonds is 4. The van der Waals surface area contributed by atoms with Crippen LogP contribution >= 0.6 is 0 Å². The second-order valence-electron chi connectivity index (χ2n) is 3.65. The van der Waals surface area contributed by atoms with Gasteiger partial charge in [-0.25, -0.2) is 14.0 Å². The van der Waals surface area contributed by atoms with Gasteiger partial charge in [0.15, 0.2) is 6.10 Å². The monoisotopic (exact) mass is 256 g/mol. The van der Waals surface area contributed by atoms with Gasteiger partial charge in [0.1, 0.15) is 5.82 Å². The normalized spacial score (nSPS) is 11.7. The molecular formula is C11H13FN2O4. The van der Waals surface area contributed by atoms with Crippen molar-refractivity contribution in [3.8, 4) is 0 Å². The minimum atomic E-state index is -1.66. The summed E-state index contributed by atoms with van der Waals surface area (Å²) in [6.07, 6.45) is -1.66. The lowest BCUT2D eigenvalue weighted by atomic mass is 10.2. The summed E-state index contributed by atoms with van der Waals surface area (Å²) in [5.74, 6) is -1.84. The molecule has 0 aliphatic rings. The number of nitrogens with one attached hydrogen (secondary N) is 2. The van der Waals surface area contributed by atoms with E-state index in [0.717, 1.165) is 0 Å². The number of aryl methyl sites for hydroxylation is 1. The zero-order valence-corrected chi connectivity index (χ0v) is 9.61. The van der Waals surface area contributed by atoms with Gasteiger partial charge in [0.05, 0.1) is 6.54 Å². The third-order valence-electron chi connectivity index (χ3n) is 2.18. The molecule has 1 atom stereocenters. The summed E-state index contributed by atoms with van der Waals surface area (Å²) in [7, 11) is 0. The Morgan fingerprint density at radius 3 is 2.67 bits per heavy atom. The highest BCUT2D eigenvalue weighted by Gasteiger charge is 2.14. The van der Waals surface area contributed by atoms with Crippen LogP contribution in [-0.2, 0) is 4.79 Å². The smallest absolute Gasteiger partial charge is 0.334 e. The Hall–Kier alpha value is -2.15. The number of amides is 2. The number of aliphatic hydroxyl groups is 1. The van der Waals surface area contributed by atoms with Crippen molar-refractivity contribution < 1.29 is 24.2 Å². The van der Waals surface area contributed by atoms with Crippen molar-refractivity contribution in [1.82, 2.24) is 5.32 Å². The average Bonchev–Trinajstić information content (AvgIpc) is 2.29. The van der Waals surface area contributed by atoms with E-state index in [2.05, 4.69) is 10.6 Å². The number of urea groups is 1. The lowest BCUT2D eigenvalue weighted by Crippen LogP contribution is -2.38. The number of carbonyl (C=O) groups is 2. The standard InChI is InChI=1S/C11H13FN2O4/c1-6-4-7(12)2-3-8(6)14-11(18)13-5-9(15)10(16)17/h2-4,9,15H,5H2,1H3,(H,16,17)(H2,13,14,18). The van der Waals surface area contributed by atoms with Crippen molar-refractivity contribution in [2.24, 2.45) is 0 Å².